The molecule has 2 aliphatic rings. The summed E-state index contributed by atoms with van der Waals surface area (Å²) in [5.41, 5.74) is 2.45. The number of hydrogen-bond donors (Lipinski definition) is 0. The minimum atomic E-state index is 0.183. The molecule has 0 radical (unpaired) electrons. The minimum absolute atomic E-state index is 0.183. The zero-order chi connectivity index (χ0) is 20.6. The molecule has 5 heteroatoms. The number of benzene rings is 1. The first-order valence-corrected chi connectivity index (χ1v) is 12.4. The van der Waals surface area contributed by atoms with Crippen LogP contribution in [0.5, 0.6) is 5.75 Å². The standard InChI is InChI=1S/C25H33NO3S/c27-25(22-7-2-1-3-8-22)26(18-24-10-5-13-28-24)17-21-6-4-9-23(16-21)29-14-11-20-12-15-30-19-20/h4,6,9,12,15-16,19,22,24H,1-3,5,7-8,10-11,13-14,17-18H2/t24-/m1/s1. The molecule has 0 bridgehead atoms. The molecule has 0 unspecified atom stereocenters. The van der Waals surface area contributed by atoms with E-state index in [2.05, 4.69) is 33.9 Å². The van der Waals surface area contributed by atoms with Crippen molar-refractivity contribution in [3.05, 3.63) is 52.2 Å². The van der Waals surface area contributed by atoms with Gasteiger partial charge in [0, 0.05) is 32.0 Å². The van der Waals surface area contributed by atoms with Crippen LogP contribution in [0.3, 0.4) is 0 Å². The maximum absolute atomic E-state index is 13.3. The summed E-state index contributed by atoms with van der Waals surface area (Å²) in [6.07, 6.45) is 8.94. The Bertz CT molecular complexity index is 779. The number of thiophene rings is 1. The second kappa shape index (κ2) is 11.0. The molecule has 0 spiro atoms. The van der Waals surface area contributed by atoms with Crippen molar-refractivity contribution in [2.45, 2.75) is 64.0 Å². The van der Waals surface area contributed by atoms with Gasteiger partial charge in [-0.25, -0.2) is 0 Å². The van der Waals surface area contributed by atoms with Gasteiger partial charge in [-0.2, -0.15) is 11.3 Å². The van der Waals surface area contributed by atoms with Crippen LogP contribution in [0, 0.1) is 5.92 Å². The van der Waals surface area contributed by atoms with Gasteiger partial charge in [-0.3, -0.25) is 4.79 Å². The van der Waals surface area contributed by atoms with Crippen LogP contribution in [0.2, 0.25) is 0 Å². The number of rotatable bonds is 9. The van der Waals surface area contributed by atoms with E-state index in [4.69, 9.17) is 9.47 Å². The zero-order valence-electron chi connectivity index (χ0n) is 17.8. The van der Waals surface area contributed by atoms with Crippen LogP contribution >= 0.6 is 11.3 Å². The lowest BCUT2D eigenvalue weighted by Gasteiger charge is -2.31. The third-order valence-corrected chi connectivity index (χ3v) is 6.96. The molecule has 1 atom stereocenters. The summed E-state index contributed by atoms with van der Waals surface area (Å²) in [6, 6.07) is 10.4. The Balaban J connectivity index is 1.38. The lowest BCUT2D eigenvalue weighted by molar-refractivity contribution is -0.138. The number of carbonyl (C=O) groups excluding carboxylic acids is 1. The van der Waals surface area contributed by atoms with Crippen molar-refractivity contribution >= 4 is 17.2 Å². The van der Waals surface area contributed by atoms with Crippen LogP contribution in [-0.4, -0.2) is 36.7 Å². The molecular formula is C25H33NO3S. The molecule has 1 amide bonds. The first-order chi connectivity index (χ1) is 14.8. The Kier molecular flexibility index (Phi) is 7.82. The van der Waals surface area contributed by atoms with E-state index in [1.807, 2.05) is 12.1 Å². The summed E-state index contributed by atoms with van der Waals surface area (Å²) >= 11 is 1.72. The Morgan fingerprint density at radius 2 is 2.00 bits per heavy atom. The van der Waals surface area contributed by atoms with E-state index in [1.54, 1.807) is 11.3 Å². The average molecular weight is 428 g/mol. The summed E-state index contributed by atoms with van der Waals surface area (Å²) in [7, 11) is 0. The molecule has 162 valence electrons. The van der Waals surface area contributed by atoms with Crippen LogP contribution in [0.4, 0.5) is 0 Å². The SMILES string of the molecule is O=C(C1CCCCC1)N(Cc1cccc(OCCc2ccsc2)c1)C[C@H]1CCCO1. The van der Waals surface area contributed by atoms with Crippen molar-refractivity contribution in [1.29, 1.82) is 0 Å². The Morgan fingerprint density at radius 1 is 1.10 bits per heavy atom. The van der Waals surface area contributed by atoms with E-state index in [1.165, 1.54) is 24.8 Å². The van der Waals surface area contributed by atoms with E-state index in [9.17, 15) is 4.79 Å². The van der Waals surface area contributed by atoms with Gasteiger partial charge in [-0.1, -0.05) is 31.4 Å². The van der Waals surface area contributed by atoms with Crippen LogP contribution in [0.1, 0.15) is 56.1 Å². The maximum atomic E-state index is 13.3. The van der Waals surface area contributed by atoms with Gasteiger partial charge in [0.2, 0.25) is 5.91 Å². The highest BCUT2D eigenvalue weighted by Crippen LogP contribution is 2.27. The summed E-state index contributed by atoms with van der Waals surface area (Å²) in [6.45, 7) is 2.83. The number of carbonyl (C=O) groups is 1. The van der Waals surface area contributed by atoms with E-state index < -0.39 is 0 Å². The molecule has 1 aromatic heterocycles. The molecule has 1 aliphatic carbocycles. The molecule has 30 heavy (non-hydrogen) atoms. The van der Waals surface area contributed by atoms with Crippen molar-refractivity contribution in [3.8, 4) is 5.75 Å². The second-order valence-corrected chi connectivity index (χ2v) is 9.35. The molecule has 4 nitrogen and oxygen atoms in total. The number of ether oxygens (including phenoxy) is 2. The van der Waals surface area contributed by atoms with Crippen molar-refractivity contribution in [2.24, 2.45) is 5.92 Å². The van der Waals surface area contributed by atoms with Gasteiger partial charge in [0.15, 0.2) is 0 Å². The van der Waals surface area contributed by atoms with E-state index in [0.717, 1.165) is 50.0 Å². The van der Waals surface area contributed by atoms with Gasteiger partial charge < -0.3 is 14.4 Å². The fraction of sp³-hybridized carbons (Fsp3) is 0.560. The van der Waals surface area contributed by atoms with Gasteiger partial charge in [0.25, 0.3) is 0 Å². The highest BCUT2D eigenvalue weighted by atomic mass is 32.1. The highest BCUT2D eigenvalue weighted by molar-refractivity contribution is 7.07. The molecule has 2 aromatic rings. The predicted molar refractivity (Wildman–Crippen MR) is 121 cm³/mol. The molecule has 1 aliphatic heterocycles. The number of nitrogens with zero attached hydrogens (tertiary/aromatic N) is 1. The largest absolute Gasteiger partial charge is 0.493 e. The summed E-state index contributed by atoms with van der Waals surface area (Å²) in [4.78, 5) is 15.4. The average Bonchev–Trinajstić information content (AvgIpc) is 3.48. The predicted octanol–water partition coefficient (Wildman–Crippen LogP) is 5.46. The van der Waals surface area contributed by atoms with Crippen LogP contribution in [0.25, 0.3) is 0 Å². The molecule has 1 saturated heterocycles. The smallest absolute Gasteiger partial charge is 0.226 e. The summed E-state index contributed by atoms with van der Waals surface area (Å²) < 4.78 is 11.8. The first-order valence-electron chi connectivity index (χ1n) is 11.4. The fourth-order valence-electron chi connectivity index (χ4n) is 4.55. The number of amides is 1. The minimum Gasteiger partial charge on any atom is -0.493 e. The van der Waals surface area contributed by atoms with E-state index >= 15 is 0 Å². The zero-order valence-corrected chi connectivity index (χ0v) is 18.6. The molecule has 4 rings (SSSR count). The number of hydrogen-bond acceptors (Lipinski definition) is 4. The molecule has 1 saturated carbocycles. The van der Waals surface area contributed by atoms with Gasteiger partial charge in [0.1, 0.15) is 5.75 Å². The first kappa shape index (κ1) is 21.4. The van der Waals surface area contributed by atoms with Crippen molar-refractivity contribution in [3.63, 3.8) is 0 Å². The van der Waals surface area contributed by atoms with Crippen LogP contribution < -0.4 is 4.74 Å². The molecule has 2 fully saturated rings. The molecular weight excluding hydrogens is 394 g/mol. The Morgan fingerprint density at radius 3 is 2.77 bits per heavy atom. The van der Waals surface area contributed by atoms with Crippen molar-refractivity contribution in [1.82, 2.24) is 4.90 Å². The third-order valence-electron chi connectivity index (χ3n) is 6.23. The van der Waals surface area contributed by atoms with E-state index in [-0.39, 0.29) is 12.0 Å². The maximum Gasteiger partial charge on any atom is 0.226 e. The molecule has 2 heterocycles. The van der Waals surface area contributed by atoms with Crippen LogP contribution in [0.15, 0.2) is 41.1 Å². The molecule has 0 N–H and O–H groups in total. The van der Waals surface area contributed by atoms with Gasteiger partial charge in [0.05, 0.1) is 12.7 Å². The second-order valence-electron chi connectivity index (χ2n) is 8.57. The monoisotopic (exact) mass is 427 g/mol. The molecule has 1 aromatic carbocycles. The van der Waals surface area contributed by atoms with Crippen molar-refractivity contribution < 1.29 is 14.3 Å². The topological polar surface area (TPSA) is 38.8 Å². The van der Waals surface area contributed by atoms with Gasteiger partial charge >= 0.3 is 0 Å². The van der Waals surface area contributed by atoms with Gasteiger partial charge in [-0.15, -0.1) is 0 Å². The Labute approximate surface area is 184 Å². The fourth-order valence-corrected chi connectivity index (χ4v) is 5.25. The lowest BCUT2D eigenvalue weighted by atomic mass is 9.88. The normalized spacial score (nSPS) is 19.7. The summed E-state index contributed by atoms with van der Waals surface area (Å²) in [5.74, 6) is 1.38. The van der Waals surface area contributed by atoms with Crippen LogP contribution in [-0.2, 0) is 22.5 Å². The Hall–Kier alpha value is -1.85. The van der Waals surface area contributed by atoms with Gasteiger partial charge in [-0.05, 0) is 65.8 Å². The van der Waals surface area contributed by atoms with Crippen molar-refractivity contribution in [2.75, 3.05) is 19.8 Å². The third kappa shape index (κ3) is 6.08. The highest BCUT2D eigenvalue weighted by Gasteiger charge is 2.29. The summed E-state index contributed by atoms with van der Waals surface area (Å²) in [5, 5.41) is 4.27. The lowest BCUT2D eigenvalue weighted by Crippen LogP contribution is -2.41. The quantitative estimate of drug-likeness (QED) is 0.534. The van der Waals surface area contributed by atoms with E-state index in [0.29, 0.717) is 25.6 Å².